The second-order valence-electron chi connectivity index (χ2n) is 8.71. The molecule has 5 nitrogen and oxygen atoms in total. The lowest BCUT2D eigenvalue weighted by molar-refractivity contribution is -0.277. The first-order chi connectivity index (χ1) is 11.2. The minimum atomic E-state index is -0.581. The Morgan fingerprint density at radius 2 is 1.67 bits per heavy atom. The van der Waals surface area contributed by atoms with E-state index in [9.17, 15) is 4.79 Å². The largest absolute Gasteiger partial charge is 0.355 e. The van der Waals surface area contributed by atoms with Gasteiger partial charge < -0.3 is 19.7 Å². The Bertz CT molecular complexity index is 405. The van der Waals surface area contributed by atoms with E-state index in [1.807, 2.05) is 20.8 Å². The van der Waals surface area contributed by atoms with E-state index in [1.165, 1.54) is 19.5 Å². The van der Waals surface area contributed by atoms with E-state index in [4.69, 9.17) is 9.47 Å². The molecule has 1 N–H and O–H groups in total. The molecule has 2 heterocycles. The molecule has 0 aromatic heterocycles. The van der Waals surface area contributed by atoms with Crippen LogP contribution in [-0.2, 0) is 14.3 Å². The van der Waals surface area contributed by atoms with Crippen molar-refractivity contribution in [2.75, 3.05) is 39.4 Å². The highest BCUT2D eigenvalue weighted by Crippen LogP contribution is 2.29. The highest BCUT2D eigenvalue weighted by atomic mass is 16.7. The number of amides is 1. The number of rotatable bonds is 6. The summed E-state index contributed by atoms with van der Waals surface area (Å²) in [6, 6.07) is 0. The predicted molar refractivity (Wildman–Crippen MR) is 95.7 cm³/mol. The average Bonchev–Trinajstić information content (AvgIpc) is 2.49. The topological polar surface area (TPSA) is 50.8 Å². The van der Waals surface area contributed by atoms with Crippen molar-refractivity contribution in [2.24, 2.45) is 17.3 Å². The molecule has 0 aromatic rings. The van der Waals surface area contributed by atoms with Gasteiger partial charge in [0.1, 0.15) is 0 Å². The number of ether oxygens (including phenoxy) is 2. The lowest BCUT2D eigenvalue weighted by atomic mass is 9.90. The molecule has 140 valence electrons. The molecule has 2 atom stereocenters. The molecule has 0 aromatic carbocycles. The van der Waals surface area contributed by atoms with Crippen molar-refractivity contribution in [1.29, 1.82) is 0 Å². The maximum Gasteiger partial charge on any atom is 0.230 e. The molecule has 0 radical (unpaired) electrons. The van der Waals surface area contributed by atoms with Crippen LogP contribution in [0.2, 0.25) is 0 Å². The van der Waals surface area contributed by atoms with Crippen molar-refractivity contribution in [2.45, 2.75) is 59.7 Å². The first-order valence-corrected chi connectivity index (χ1v) is 9.49. The third-order valence-corrected chi connectivity index (χ3v) is 5.16. The SMILES string of the molecule is C[C@@H]1C[C@@H](C)CN(CCCCNC(=O)C2(C)COC(C)(C)OC2)C1. The van der Waals surface area contributed by atoms with Crippen molar-refractivity contribution in [3.05, 3.63) is 0 Å². The van der Waals surface area contributed by atoms with Crippen LogP contribution >= 0.6 is 0 Å². The zero-order valence-corrected chi connectivity index (χ0v) is 16.2. The van der Waals surface area contributed by atoms with Crippen LogP contribution in [0.4, 0.5) is 0 Å². The number of nitrogens with zero attached hydrogens (tertiary/aromatic N) is 1. The summed E-state index contributed by atoms with van der Waals surface area (Å²) in [7, 11) is 0. The molecule has 0 unspecified atom stereocenters. The molecule has 2 rings (SSSR count). The minimum absolute atomic E-state index is 0.0400. The number of carbonyl (C=O) groups is 1. The van der Waals surface area contributed by atoms with Gasteiger partial charge in [0.15, 0.2) is 5.79 Å². The quantitative estimate of drug-likeness (QED) is 0.755. The number of likely N-dealkylation sites (tertiary alicyclic amines) is 1. The standard InChI is InChI=1S/C19H36N2O3/c1-15-10-16(2)12-21(11-15)9-7-6-8-20-17(22)19(5)13-23-18(3,4)24-14-19/h15-16H,6-14H2,1-5H3,(H,20,22)/t15-,16-/m1/s1. The van der Waals surface area contributed by atoms with Gasteiger partial charge in [-0.3, -0.25) is 4.79 Å². The first-order valence-electron chi connectivity index (χ1n) is 9.49. The number of piperidine rings is 1. The lowest BCUT2D eigenvalue weighted by Crippen LogP contribution is -2.52. The summed E-state index contributed by atoms with van der Waals surface area (Å²) in [6.07, 6.45) is 3.51. The fourth-order valence-electron chi connectivity index (χ4n) is 3.73. The zero-order chi connectivity index (χ0) is 17.8. The smallest absolute Gasteiger partial charge is 0.230 e. The van der Waals surface area contributed by atoms with Gasteiger partial charge in [-0.1, -0.05) is 13.8 Å². The highest BCUT2D eigenvalue weighted by molar-refractivity contribution is 5.82. The fraction of sp³-hybridized carbons (Fsp3) is 0.947. The van der Waals surface area contributed by atoms with Gasteiger partial charge in [-0.2, -0.15) is 0 Å². The van der Waals surface area contributed by atoms with Gasteiger partial charge in [0.05, 0.1) is 18.6 Å². The zero-order valence-electron chi connectivity index (χ0n) is 16.2. The average molecular weight is 341 g/mol. The predicted octanol–water partition coefficient (Wildman–Crippen LogP) is 2.65. The molecule has 2 aliphatic heterocycles. The number of hydrogen-bond donors (Lipinski definition) is 1. The molecule has 2 saturated heterocycles. The Labute approximate surface area is 147 Å². The van der Waals surface area contributed by atoms with Crippen molar-refractivity contribution >= 4 is 5.91 Å². The van der Waals surface area contributed by atoms with Crippen LogP contribution in [-0.4, -0.2) is 56.0 Å². The molecule has 24 heavy (non-hydrogen) atoms. The Hall–Kier alpha value is -0.650. The Morgan fingerprint density at radius 3 is 2.25 bits per heavy atom. The normalized spacial score (nSPS) is 30.0. The van der Waals surface area contributed by atoms with E-state index in [-0.39, 0.29) is 5.91 Å². The lowest BCUT2D eigenvalue weighted by Gasteiger charge is -2.40. The Balaban J connectivity index is 1.61. The first kappa shape index (κ1) is 19.7. The molecule has 1 amide bonds. The van der Waals surface area contributed by atoms with Crippen LogP contribution in [0.5, 0.6) is 0 Å². The van der Waals surface area contributed by atoms with E-state index in [0.717, 1.165) is 37.8 Å². The molecule has 5 heteroatoms. The number of nitrogens with one attached hydrogen (secondary N) is 1. The van der Waals surface area contributed by atoms with Crippen LogP contribution in [0.3, 0.4) is 0 Å². The summed E-state index contributed by atoms with van der Waals surface area (Å²) in [5.41, 5.74) is -0.576. The number of unbranched alkanes of at least 4 members (excludes halogenated alkanes) is 1. The van der Waals surface area contributed by atoms with Crippen LogP contribution in [0.1, 0.15) is 53.9 Å². The van der Waals surface area contributed by atoms with E-state index >= 15 is 0 Å². The number of hydrogen-bond acceptors (Lipinski definition) is 4. The second-order valence-corrected chi connectivity index (χ2v) is 8.71. The van der Waals surface area contributed by atoms with E-state index < -0.39 is 11.2 Å². The van der Waals surface area contributed by atoms with Crippen molar-refractivity contribution in [3.8, 4) is 0 Å². The monoisotopic (exact) mass is 340 g/mol. The fourth-order valence-corrected chi connectivity index (χ4v) is 3.73. The van der Waals surface area contributed by atoms with Crippen LogP contribution in [0, 0.1) is 17.3 Å². The van der Waals surface area contributed by atoms with Gasteiger partial charge in [0.2, 0.25) is 5.91 Å². The van der Waals surface area contributed by atoms with Gasteiger partial charge in [0, 0.05) is 19.6 Å². The van der Waals surface area contributed by atoms with E-state index in [1.54, 1.807) is 0 Å². The van der Waals surface area contributed by atoms with Crippen LogP contribution in [0.15, 0.2) is 0 Å². The third kappa shape index (κ3) is 5.71. The third-order valence-electron chi connectivity index (χ3n) is 5.16. The molecular formula is C19H36N2O3. The van der Waals surface area contributed by atoms with Crippen molar-refractivity contribution in [1.82, 2.24) is 10.2 Å². The summed E-state index contributed by atoms with van der Waals surface area (Å²) in [5, 5.41) is 3.06. The van der Waals surface area contributed by atoms with Gasteiger partial charge >= 0.3 is 0 Å². The highest BCUT2D eigenvalue weighted by Gasteiger charge is 2.41. The van der Waals surface area contributed by atoms with E-state index in [2.05, 4.69) is 24.1 Å². The molecule has 0 spiro atoms. The van der Waals surface area contributed by atoms with Gasteiger partial charge in [-0.05, 0) is 58.4 Å². The summed E-state index contributed by atoms with van der Waals surface area (Å²) >= 11 is 0. The van der Waals surface area contributed by atoms with Crippen molar-refractivity contribution < 1.29 is 14.3 Å². The molecule has 2 aliphatic rings. The summed E-state index contributed by atoms with van der Waals surface area (Å²) in [4.78, 5) is 15.0. The number of carbonyl (C=O) groups excluding carboxylic acids is 1. The van der Waals surface area contributed by atoms with E-state index in [0.29, 0.717) is 13.2 Å². The molecule has 0 bridgehead atoms. The summed E-state index contributed by atoms with van der Waals surface area (Å²) in [6.45, 7) is 15.5. The van der Waals surface area contributed by atoms with Crippen LogP contribution in [0.25, 0.3) is 0 Å². The Morgan fingerprint density at radius 1 is 1.08 bits per heavy atom. The molecular weight excluding hydrogens is 304 g/mol. The Kier molecular flexibility index (Phi) is 6.68. The molecule has 2 fully saturated rings. The van der Waals surface area contributed by atoms with Gasteiger partial charge in [-0.15, -0.1) is 0 Å². The summed E-state index contributed by atoms with van der Waals surface area (Å²) < 4.78 is 11.3. The minimum Gasteiger partial charge on any atom is -0.355 e. The van der Waals surface area contributed by atoms with Crippen molar-refractivity contribution in [3.63, 3.8) is 0 Å². The van der Waals surface area contributed by atoms with Crippen LogP contribution < -0.4 is 5.32 Å². The summed E-state index contributed by atoms with van der Waals surface area (Å²) in [5.74, 6) is 1.08. The van der Waals surface area contributed by atoms with Gasteiger partial charge in [0.25, 0.3) is 0 Å². The maximum absolute atomic E-state index is 12.4. The molecule has 0 saturated carbocycles. The van der Waals surface area contributed by atoms with Gasteiger partial charge in [-0.25, -0.2) is 0 Å². The molecule has 0 aliphatic carbocycles. The second kappa shape index (κ2) is 8.15. The maximum atomic E-state index is 12.4.